The lowest BCUT2D eigenvalue weighted by atomic mass is 9.93. The van der Waals surface area contributed by atoms with Crippen molar-refractivity contribution in [2.24, 2.45) is 0 Å². The largest absolute Gasteiger partial charge is 0.295 e. The molecule has 1 aliphatic rings. The lowest BCUT2D eigenvalue weighted by Crippen LogP contribution is -1.92. The fourth-order valence-electron chi connectivity index (χ4n) is 3.74. The molecular formula is C28H21NO3. The van der Waals surface area contributed by atoms with E-state index >= 15 is 0 Å². The lowest BCUT2D eigenvalue weighted by molar-refractivity contribution is -0.384. The molecule has 156 valence electrons. The van der Waals surface area contributed by atoms with Crippen molar-refractivity contribution in [3.8, 4) is 0 Å². The van der Waals surface area contributed by atoms with Gasteiger partial charge in [-0.15, -0.1) is 0 Å². The SMILES string of the molecule is CC(=O)/C=C/C1=C(c2ccccc2)C(=C/c2ccccc2)/C=C1c1ccc([N+](=O)[O-])cc1. The number of allylic oxidation sites excluding steroid dienone is 7. The second-order valence-electron chi connectivity index (χ2n) is 7.47. The number of carbonyl (C=O) groups excluding carboxylic acids is 1. The molecule has 0 N–H and O–H groups in total. The fraction of sp³-hybridized carbons (Fsp3) is 0.0357. The molecule has 3 aromatic carbocycles. The van der Waals surface area contributed by atoms with Gasteiger partial charge in [0.05, 0.1) is 4.92 Å². The van der Waals surface area contributed by atoms with Crippen LogP contribution < -0.4 is 0 Å². The summed E-state index contributed by atoms with van der Waals surface area (Å²) in [6, 6.07) is 26.6. The van der Waals surface area contributed by atoms with E-state index in [0.29, 0.717) is 0 Å². The molecule has 1 aliphatic carbocycles. The van der Waals surface area contributed by atoms with Crippen LogP contribution in [-0.4, -0.2) is 10.7 Å². The summed E-state index contributed by atoms with van der Waals surface area (Å²) in [5, 5.41) is 11.1. The van der Waals surface area contributed by atoms with Gasteiger partial charge in [-0.1, -0.05) is 66.7 Å². The molecule has 0 radical (unpaired) electrons. The molecule has 0 unspecified atom stereocenters. The molecule has 4 heteroatoms. The summed E-state index contributed by atoms with van der Waals surface area (Å²) < 4.78 is 0. The monoisotopic (exact) mass is 419 g/mol. The quantitative estimate of drug-likeness (QED) is 0.254. The molecule has 0 spiro atoms. The van der Waals surface area contributed by atoms with Crippen LogP contribution in [0.5, 0.6) is 0 Å². The van der Waals surface area contributed by atoms with Gasteiger partial charge in [0.25, 0.3) is 5.69 Å². The van der Waals surface area contributed by atoms with Gasteiger partial charge in [0.15, 0.2) is 5.78 Å². The van der Waals surface area contributed by atoms with Gasteiger partial charge < -0.3 is 0 Å². The van der Waals surface area contributed by atoms with Crippen LogP contribution >= 0.6 is 0 Å². The van der Waals surface area contributed by atoms with Crippen LogP contribution in [-0.2, 0) is 4.79 Å². The average Bonchev–Trinajstić information content (AvgIpc) is 3.16. The molecule has 4 rings (SSSR count). The zero-order valence-electron chi connectivity index (χ0n) is 17.6. The Morgan fingerprint density at radius 2 is 1.47 bits per heavy atom. The normalized spacial score (nSPS) is 14.8. The lowest BCUT2D eigenvalue weighted by Gasteiger charge is -2.10. The molecule has 3 aromatic rings. The van der Waals surface area contributed by atoms with Gasteiger partial charge >= 0.3 is 0 Å². The minimum absolute atomic E-state index is 0.0421. The first kappa shape index (κ1) is 20.9. The summed E-state index contributed by atoms with van der Waals surface area (Å²) in [4.78, 5) is 22.4. The van der Waals surface area contributed by atoms with Gasteiger partial charge in [-0.25, -0.2) is 0 Å². The molecule has 0 atom stereocenters. The Morgan fingerprint density at radius 1 is 0.844 bits per heavy atom. The zero-order valence-corrected chi connectivity index (χ0v) is 17.6. The highest BCUT2D eigenvalue weighted by atomic mass is 16.6. The molecule has 32 heavy (non-hydrogen) atoms. The van der Waals surface area contributed by atoms with Crippen molar-refractivity contribution in [3.05, 3.63) is 141 Å². The minimum atomic E-state index is -0.407. The maximum absolute atomic E-state index is 11.8. The van der Waals surface area contributed by atoms with E-state index < -0.39 is 4.92 Å². The molecule has 0 heterocycles. The maximum atomic E-state index is 11.8. The standard InChI is InChI=1S/C28H21NO3/c1-20(30)12-17-26-27(22-13-15-25(16-14-22)29(31)32)19-24(18-21-8-4-2-5-9-21)28(26)23-10-6-3-7-11-23/h2-19H,1H3/b17-12+,24-18+. The van der Waals surface area contributed by atoms with E-state index in [-0.39, 0.29) is 11.5 Å². The van der Waals surface area contributed by atoms with Gasteiger partial charge in [0.1, 0.15) is 0 Å². The number of non-ortho nitro benzene ring substituents is 1. The third kappa shape index (κ3) is 4.55. The van der Waals surface area contributed by atoms with Crippen LogP contribution in [0.15, 0.2) is 114 Å². The second-order valence-corrected chi connectivity index (χ2v) is 7.47. The summed E-state index contributed by atoms with van der Waals surface area (Å²) in [5.74, 6) is -0.0477. The molecule has 0 saturated carbocycles. The van der Waals surface area contributed by atoms with E-state index in [1.165, 1.54) is 19.1 Å². The number of benzene rings is 3. The number of nitro groups is 1. The number of ketones is 1. The average molecular weight is 419 g/mol. The Balaban J connectivity index is 1.94. The van der Waals surface area contributed by atoms with Crippen molar-refractivity contribution in [1.29, 1.82) is 0 Å². The molecule has 0 aliphatic heterocycles. The summed E-state index contributed by atoms with van der Waals surface area (Å²) in [7, 11) is 0. The Kier molecular flexibility index (Phi) is 6.04. The molecule has 0 saturated heterocycles. The Hall–Kier alpha value is -4.31. The number of nitrogens with zero attached hydrogens (tertiary/aromatic N) is 1. The first-order valence-corrected chi connectivity index (χ1v) is 10.3. The van der Waals surface area contributed by atoms with Gasteiger partial charge in [-0.2, -0.15) is 0 Å². The maximum Gasteiger partial charge on any atom is 0.269 e. The third-order valence-corrected chi connectivity index (χ3v) is 5.21. The Morgan fingerprint density at radius 3 is 2.06 bits per heavy atom. The van der Waals surface area contributed by atoms with Crippen LogP contribution in [0, 0.1) is 10.1 Å². The third-order valence-electron chi connectivity index (χ3n) is 5.21. The summed E-state index contributed by atoms with van der Waals surface area (Å²) in [5.41, 5.74) is 6.84. The Bertz CT molecular complexity index is 1280. The number of hydrogen-bond donors (Lipinski definition) is 0. The van der Waals surface area contributed by atoms with Gasteiger partial charge in [-0.3, -0.25) is 14.9 Å². The van der Waals surface area contributed by atoms with Crippen LogP contribution in [0.4, 0.5) is 5.69 Å². The van der Waals surface area contributed by atoms with Gasteiger partial charge in [-0.05, 0) is 76.3 Å². The van der Waals surface area contributed by atoms with E-state index in [4.69, 9.17) is 0 Å². The van der Waals surface area contributed by atoms with Crippen LogP contribution in [0.3, 0.4) is 0 Å². The highest BCUT2D eigenvalue weighted by Gasteiger charge is 2.23. The summed E-state index contributed by atoms with van der Waals surface area (Å²) in [6.45, 7) is 1.52. The minimum Gasteiger partial charge on any atom is -0.295 e. The van der Waals surface area contributed by atoms with Crippen molar-refractivity contribution < 1.29 is 9.72 Å². The van der Waals surface area contributed by atoms with E-state index in [9.17, 15) is 14.9 Å². The second kappa shape index (κ2) is 9.23. The number of carbonyl (C=O) groups is 1. The van der Waals surface area contributed by atoms with Crippen molar-refractivity contribution in [3.63, 3.8) is 0 Å². The van der Waals surface area contributed by atoms with Crippen LogP contribution in [0.1, 0.15) is 23.6 Å². The number of rotatable bonds is 6. The van der Waals surface area contributed by atoms with E-state index in [1.54, 1.807) is 18.2 Å². The van der Waals surface area contributed by atoms with E-state index in [2.05, 4.69) is 12.2 Å². The van der Waals surface area contributed by atoms with Gasteiger partial charge in [0, 0.05) is 12.1 Å². The molecule has 4 nitrogen and oxygen atoms in total. The highest BCUT2D eigenvalue weighted by Crippen LogP contribution is 2.43. The zero-order chi connectivity index (χ0) is 22.5. The molecule has 0 aromatic heterocycles. The predicted molar refractivity (Wildman–Crippen MR) is 129 cm³/mol. The smallest absolute Gasteiger partial charge is 0.269 e. The molecule has 0 fully saturated rings. The van der Waals surface area contributed by atoms with Gasteiger partial charge in [0.2, 0.25) is 0 Å². The molecule has 0 bridgehead atoms. The Labute approximate surface area is 186 Å². The number of hydrogen-bond acceptors (Lipinski definition) is 3. The van der Waals surface area contributed by atoms with Crippen LogP contribution in [0.25, 0.3) is 17.2 Å². The van der Waals surface area contributed by atoms with Crippen molar-refractivity contribution in [2.75, 3.05) is 0 Å². The summed E-state index contributed by atoms with van der Waals surface area (Å²) >= 11 is 0. The predicted octanol–water partition coefficient (Wildman–Crippen LogP) is 6.67. The molecule has 0 amide bonds. The van der Waals surface area contributed by atoms with Crippen molar-refractivity contribution in [1.82, 2.24) is 0 Å². The van der Waals surface area contributed by atoms with Crippen molar-refractivity contribution >= 4 is 28.7 Å². The van der Waals surface area contributed by atoms with E-state index in [1.807, 2.05) is 66.7 Å². The van der Waals surface area contributed by atoms with E-state index in [0.717, 1.165) is 39.0 Å². The first-order chi connectivity index (χ1) is 15.5. The highest BCUT2D eigenvalue weighted by molar-refractivity contribution is 6.08. The first-order valence-electron chi connectivity index (χ1n) is 10.3. The van der Waals surface area contributed by atoms with Crippen LogP contribution in [0.2, 0.25) is 0 Å². The van der Waals surface area contributed by atoms with Crippen molar-refractivity contribution in [2.45, 2.75) is 6.92 Å². The molecular weight excluding hydrogens is 398 g/mol. The fourth-order valence-corrected chi connectivity index (χ4v) is 3.74. The summed E-state index contributed by atoms with van der Waals surface area (Å²) in [6.07, 6.45) is 7.59. The topological polar surface area (TPSA) is 60.2 Å². The number of nitro benzene ring substituents is 1.